The molecular formula is C12H13ClO3. The van der Waals surface area contributed by atoms with E-state index in [2.05, 4.69) is 0 Å². The molecule has 1 N–H and O–H groups in total. The van der Waals surface area contributed by atoms with Gasteiger partial charge in [0.1, 0.15) is 5.75 Å². The van der Waals surface area contributed by atoms with Gasteiger partial charge in [0.05, 0.1) is 6.61 Å². The standard InChI is InChI=1S/C12H13ClO3/c1-2-7-16-11-5-4-10(13)8-9(11)3-6-12(14)15/h3-6,8H,2,7H2,1H3,(H,14,15). The van der Waals surface area contributed by atoms with Gasteiger partial charge in [0.2, 0.25) is 0 Å². The van der Waals surface area contributed by atoms with Crippen molar-refractivity contribution < 1.29 is 14.6 Å². The van der Waals surface area contributed by atoms with Crippen molar-refractivity contribution in [1.29, 1.82) is 0 Å². The minimum atomic E-state index is -0.999. The van der Waals surface area contributed by atoms with Crippen molar-refractivity contribution in [1.82, 2.24) is 0 Å². The maximum atomic E-state index is 10.4. The third-order valence-corrected chi connectivity index (χ3v) is 2.07. The molecular weight excluding hydrogens is 228 g/mol. The fourth-order valence-electron chi connectivity index (χ4n) is 1.15. The lowest BCUT2D eigenvalue weighted by atomic mass is 10.2. The Morgan fingerprint density at radius 2 is 2.31 bits per heavy atom. The summed E-state index contributed by atoms with van der Waals surface area (Å²) >= 11 is 5.83. The number of hydrogen-bond acceptors (Lipinski definition) is 2. The largest absolute Gasteiger partial charge is 0.493 e. The number of halogens is 1. The molecule has 3 nitrogen and oxygen atoms in total. The third-order valence-electron chi connectivity index (χ3n) is 1.84. The number of benzene rings is 1. The minimum absolute atomic E-state index is 0.550. The molecule has 4 heteroatoms. The first kappa shape index (κ1) is 12.6. The van der Waals surface area contributed by atoms with Gasteiger partial charge in [-0.1, -0.05) is 18.5 Å². The summed E-state index contributed by atoms with van der Waals surface area (Å²) in [5.74, 6) is -0.356. The van der Waals surface area contributed by atoms with Crippen LogP contribution in [0.1, 0.15) is 18.9 Å². The van der Waals surface area contributed by atoms with Gasteiger partial charge in [-0.25, -0.2) is 4.79 Å². The molecule has 0 heterocycles. The summed E-state index contributed by atoms with van der Waals surface area (Å²) in [7, 11) is 0. The topological polar surface area (TPSA) is 46.5 Å². The molecule has 16 heavy (non-hydrogen) atoms. The summed E-state index contributed by atoms with van der Waals surface area (Å²) in [5.41, 5.74) is 0.670. The Bertz CT molecular complexity index is 399. The first-order valence-electron chi connectivity index (χ1n) is 4.97. The van der Waals surface area contributed by atoms with E-state index in [1.54, 1.807) is 18.2 Å². The van der Waals surface area contributed by atoms with E-state index in [0.29, 0.717) is 22.9 Å². The molecule has 0 bridgehead atoms. The maximum absolute atomic E-state index is 10.4. The molecule has 1 aromatic carbocycles. The summed E-state index contributed by atoms with van der Waals surface area (Å²) in [5, 5.41) is 9.10. The molecule has 0 radical (unpaired) electrons. The van der Waals surface area contributed by atoms with Crippen molar-refractivity contribution in [2.75, 3.05) is 6.61 Å². The second kappa shape index (κ2) is 6.18. The van der Waals surface area contributed by atoms with Crippen molar-refractivity contribution in [3.05, 3.63) is 34.9 Å². The predicted molar refractivity (Wildman–Crippen MR) is 63.9 cm³/mol. The molecule has 0 spiro atoms. The van der Waals surface area contributed by atoms with Crippen LogP contribution in [-0.4, -0.2) is 17.7 Å². The summed E-state index contributed by atoms with van der Waals surface area (Å²) in [6.45, 7) is 2.60. The number of ether oxygens (including phenoxy) is 1. The van der Waals surface area contributed by atoms with Gasteiger partial charge in [0.25, 0.3) is 0 Å². The van der Waals surface area contributed by atoms with E-state index in [9.17, 15) is 4.79 Å². The van der Waals surface area contributed by atoms with Gasteiger partial charge < -0.3 is 9.84 Å². The van der Waals surface area contributed by atoms with E-state index in [0.717, 1.165) is 12.5 Å². The molecule has 0 unspecified atom stereocenters. The van der Waals surface area contributed by atoms with Crippen LogP contribution in [-0.2, 0) is 4.79 Å². The van der Waals surface area contributed by atoms with Gasteiger partial charge >= 0.3 is 5.97 Å². The first-order valence-corrected chi connectivity index (χ1v) is 5.34. The number of rotatable bonds is 5. The number of carboxylic acids is 1. The molecule has 1 rings (SSSR count). The highest BCUT2D eigenvalue weighted by Gasteiger charge is 2.02. The highest BCUT2D eigenvalue weighted by atomic mass is 35.5. The number of hydrogen-bond donors (Lipinski definition) is 1. The summed E-state index contributed by atoms with van der Waals surface area (Å²) in [6, 6.07) is 5.12. The van der Waals surface area contributed by atoms with E-state index in [1.165, 1.54) is 6.08 Å². The molecule has 0 amide bonds. The number of aliphatic carboxylic acids is 1. The van der Waals surface area contributed by atoms with E-state index < -0.39 is 5.97 Å². The minimum Gasteiger partial charge on any atom is -0.493 e. The number of carbonyl (C=O) groups is 1. The first-order chi connectivity index (χ1) is 7.63. The quantitative estimate of drug-likeness (QED) is 0.804. The van der Waals surface area contributed by atoms with Crippen LogP contribution in [0.4, 0.5) is 0 Å². The average Bonchev–Trinajstić information content (AvgIpc) is 2.25. The lowest BCUT2D eigenvalue weighted by Gasteiger charge is -2.08. The molecule has 0 saturated heterocycles. The van der Waals surface area contributed by atoms with Crippen LogP contribution in [0.25, 0.3) is 6.08 Å². The Kier molecular flexibility index (Phi) is 4.86. The highest BCUT2D eigenvalue weighted by Crippen LogP contribution is 2.24. The van der Waals surface area contributed by atoms with Crippen molar-refractivity contribution in [3.8, 4) is 5.75 Å². The molecule has 0 aliphatic carbocycles. The van der Waals surface area contributed by atoms with Gasteiger partial charge in [0, 0.05) is 16.7 Å². The molecule has 0 aromatic heterocycles. The van der Waals surface area contributed by atoms with Crippen molar-refractivity contribution in [2.45, 2.75) is 13.3 Å². The van der Waals surface area contributed by atoms with Gasteiger partial charge in [-0.15, -0.1) is 0 Å². The monoisotopic (exact) mass is 240 g/mol. The zero-order valence-electron chi connectivity index (χ0n) is 8.94. The van der Waals surface area contributed by atoms with E-state index in [4.69, 9.17) is 21.4 Å². The SMILES string of the molecule is CCCOc1ccc(Cl)cc1C=CC(=O)O. The summed E-state index contributed by atoms with van der Waals surface area (Å²) in [6.07, 6.45) is 3.42. The van der Waals surface area contributed by atoms with E-state index in [-0.39, 0.29) is 0 Å². The lowest BCUT2D eigenvalue weighted by Crippen LogP contribution is -1.97. The zero-order valence-corrected chi connectivity index (χ0v) is 9.70. The van der Waals surface area contributed by atoms with Crippen molar-refractivity contribution >= 4 is 23.6 Å². The Labute approximate surface area is 99.3 Å². The second-order valence-electron chi connectivity index (χ2n) is 3.20. The Morgan fingerprint density at radius 3 is 2.94 bits per heavy atom. The zero-order chi connectivity index (χ0) is 12.0. The van der Waals surface area contributed by atoms with Crippen LogP contribution in [0.2, 0.25) is 5.02 Å². The molecule has 0 aliphatic heterocycles. The Morgan fingerprint density at radius 1 is 1.56 bits per heavy atom. The van der Waals surface area contributed by atoms with Crippen LogP contribution in [0, 0.1) is 0 Å². The number of carboxylic acid groups (broad SMARTS) is 1. The highest BCUT2D eigenvalue weighted by molar-refractivity contribution is 6.30. The van der Waals surface area contributed by atoms with E-state index in [1.807, 2.05) is 6.92 Å². The Hall–Kier alpha value is -1.48. The van der Waals surface area contributed by atoms with Crippen LogP contribution >= 0.6 is 11.6 Å². The predicted octanol–water partition coefficient (Wildman–Crippen LogP) is 3.23. The van der Waals surface area contributed by atoms with Crippen molar-refractivity contribution in [3.63, 3.8) is 0 Å². The fraction of sp³-hybridized carbons (Fsp3) is 0.250. The van der Waals surface area contributed by atoms with E-state index >= 15 is 0 Å². The maximum Gasteiger partial charge on any atom is 0.328 e. The normalized spacial score (nSPS) is 10.6. The second-order valence-corrected chi connectivity index (χ2v) is 3.64. The molecule has 0 fully saturated rings. The van der Waals surface area contributed by atoms with Crippen LogP contribution in [0.15, 0.2) is 24.3 Å². The summed E-state index contributed by atoms with van der Waals surface area (Å²) in [4.78, 5) is 10.4. The molecule has 86 valence electrons. The average molecular weight is 241 g/mol. The van der Waals surface area contributed by atoms with Crippen LogP contribution in [0.3, 0.4) is 0 Å². The fourth-order valence-corrected chi connectivity index (χ4v) is 1.33. The smallest absolute Gasteiger partial charge is 0.328 e. The molecule has 0 aliphatic rings. The van der Waals surface area contributed by atoms with Crippen LogP contribution in [0.5, 0.6) is 5.75 Å². The van der Waals surface area contributed by atoms with Crippen molar-refractivity contribution in [2.24, 2.45) is 0 Å². The summed E-state index contributed by atoms with van der Waals surface area (Å²) < 4.78 is 5.47. The molecule has 1 aromatic rings. The third kappa shape index (κ3) is 3.95. The van der Waals surface area contributed by atoms with Crippen LogP contribution < -0.4 is 4.74 Å². The Balaban J connectivity index is 2.93. The molecule has 0 atom stereocenters. The molecule has 0 saturated carbocycles. The van der Waals surface area contributed by atoms with Gasteiger partial charge in [-0.05, 0) is 30.7 Å². The van der Waals surface area contributed by atoms with Gasteiger partial charge in [-0.2, -0.15) is 0 Å². The van der Waals surface area contributed by atoms with Gasteiger partial charge in [-0.3, -0.25) is 0 Å². The van der Waals surface area contributed by atoms with Gasteiger partial charge in [0.15, 0.2) is 0 Å². The lowest BCUT2D eigenvalue weighted by molar-refractivity contribution is -0.131.